The van der Waals surface area contributed by atoms with Crippen LogP contribution in [0.3, 0.4) is 0 Å². The topological polar surface area (TPSA) is 48.1 Å². The monoisotopic (exact) mass is 540 g/mol. The van der Waals surface area contributed by atoms with Crippen molar-refractivity contribution in [2.75, 3.05) is 62.2 Å². The summed E-state index contributed by atoms with van der Waals surface area (Å²) in [4.78, 5) is 18.7. The highest BCUT2D eigenvalue weighted by Gasteiger charge is 2.34. The highest BCUT2D eigenvalue weighted by Crippen LogP contribution is 2.33. The average molecular weight is 541 g/mol. The highest BCUT2D eigenvalue weighted by atomic mass is 35.5. The maximum absolute atomic E-state index is 13.3. The lowest BCUT2D eigenvalue weighted by atomic mass is 10.1. The summed E-state index contributed by atoms with van der Waals surface area (Å²) in [7, 11) is 0. The normalized spacial score (nSPS) is 18.2. The number of piperazine rings is 1. The lowest BCUT2D eigenvalue weighted by Crippen LogP contribution is -2.46. The Morgan fingerprint density at radius 1 is 0.917 bits per heavy atom. The van der Waals surface area contributed by atoms with E-state index in [2.05, 4.69) is 15.1 Å². The number of nitrogens with zero attached hydrogens (tertiary/aromatic N) is 3. The second-order valence-corrected chi connectivity index (χ2v) is 10.0. The Morgan fingerprint density at radius 2 is 1.61 bits per heavy atom. The van der Waals surface area contributed by atoms with Gasteiger partial charge in [-0.05, 0) is 55.8 Å². The first-order chi connectivity index (χ1) is 17.3. The van der Waals surface area contributed by atoms with Crippen molar-refractivity contribution in [3.8, 4) is 5.75 Å². The predicted molar refractivity (Wildman–Crippen MR) is 141 cm³/mol. The number of ether oxygens (including phenoxy) is 1. The van der Waals surface area contributed by atoms with Crippen LogP contribution in [0.15, 0.2) is 42.5 Å². The van der Waals surface area contributed by atoms with Crippen LogP contribution in [0.1, 0.15) is 25.7 Å². The van der Waals surface area contributed by atoms with Crippen molar-refractivity contribution in [1.82, 2.24) is 10.2 Å². The fourth-order valence-electron chi connectivity index (χ4n) is 4.56. The van der Waals surface area contributed by atoms with Gasteiger partial charge in [0.05, 0.1) is 15.7 Å². The van der Waals surface area contributed by atoms with Crippen LogP contribution in [0, 0.1) is 0 Å². The number of hydrogen-bond acceptors (Lipinski definition) is 5. The Kier molecular flexibility index (Phi) is 9.14. The molecule has 2 heterocycles. The quantitative estimate of drug-likeness (QED) is 0.421. The third-order valence-corrected chi connectivity index (χ3v) is 7.53. The van der Waals surface area contributed by atoms with E-state index in [9.17, 15) is 13.6 Å². The smallest absolute Gasteiger partial charge is 0.410 e. The van der Waals surface area contributed by atoms with Crippen LogP contribution < -0.4 is 19.9 Å². The van der Waals surface area contributed by atoms with Gasteiger partial charge in [0.2, 0.25) is 0 Å². The molecule has 2 aromatic rings. The number of amides is 1. The Labute approximate surface area is 221 Å². The molecule has 0 aromatic heterocycles. The predicted octanol–water partition coefficient (Wildman–Crippen LogP) is 5.92. The number of carbonyl (C=O) groups excluding carboxylic acids is 1. The Morgan fingerprint density at radius 3 is 2.31 bits per heavy atom. The fraction of sp³-hybridized carbons (Fsp3) is 0.500. The number of hydrogen-bond donors (Lipinski definition) is 1. The zero-order valence-corrected chi connectivity index (χ0v) is 21.7. The summed E-state index contributed by atoms with van der Waals surface area (Å²) in [6.07, 6.45) is 1.06. The summed E-state index contributed by atoms with van der Waals surface area (Å²) in [5.41, 5.74) is 1.84. The number of carbonyl (C=O) groups is 1. The van der Waals surface area contributed by atoms with Gasteiger partial charge in [0, 0.05) is 64.3 Å². The van der Waals surface area contributed by atoms with Gasteiger partial charge in [-0.2, -0.15) is 0 Å². The number of piperidine rings is 1. The Balaban J connectivity index is 1.09. The molecule has 196 valence electrons. The summed E-state index contributed by atoms with van der Waals surface area (Å²) in [6.45, 7) is 5.84. The molecular formula is C26H32Cl2F2N4O2. The molecule has 36 heavy (non-hydrogen) atoms. The maximum atomic E-state index is 13.3. The second-order valence-electron chi connectivity index (χ2n) is 9.26. The molecule has 10 heteroatoms. The van der Waals surface area contributed by atoms with Crippen molar-refractivity contribution >= 4 is 40.7 Å². The maximum Gasteiger partial charge on any atom is 0.412 e. The minimum absolute atomic E-state index is 0.137. The molecular weight excluding hydrogens is 509 g/mol. The van der Waals surface area contributed by atoms with Gasteiger partial charge < -0.3 is 19.9 Å². The van der Waals surface area contributed by atoms with Crippen LogP contribution in [0.4, 0.5) is 25.0 Å². The largest absolute Gasteiger partial charge is 0.412 e. The molecule has 2 aliphatic heterocycles. The van der Waals surface area contributed by atoms with Crippen LogP contribution in [0.5, 0.6) is 5.75 Å². The minimum atomic E-state index is -2.57. The van der Waals surface area contributed by atoms with Gasteiger partial charge in [-0.1, -0.05) is 29.3 Å². The Hall–Kier alpha value is -2.29. The number of halogens is 4. The number of benzene rings is 2. The van der Waals surface area contributed by atoms with E-state index in [0.29, 0.717) is 35.4 Å². The van der Waals surface area contributed by atoms with Gasteiger partial charge in [0.25, 0.3) is 5.92 Å². The van der Waals surface area contributed by atoms with Crippen molar-refractivity contribution in [2.24, 2.45) is 0 Å². The van der Waals surface area contributed by atoms with Gasteiger partial charge in [-0.3, -0.25) is 4.90 Å². The molecule has 0 bridgehead atoms. The van der Waals surface area contributed by atoms with Gasteiger partial charge in [0.15, 0.2) is 0 Å². The number of rotatable bonds is 8. The zero-order chi connectivity index (χ0) is 25.5. The van der Waals surface area contributed by atoms with Crippen LogP contribution in [-0.4, -0.2) is 69.3 Å². The van der Waals surface area contributed by atoms with E-state index in [1.165, 1.54) is 0 Å². The van der Waals surface area contributed by atoms with Crippen molar-refractivity contribution in [3.63, 3.8) is 0 Å². The first kappa shape index (κ1) is 26.8. The van der Waals surface area contributed by atoms with Crippen molar-refractivity contribution in [3.05, 3.63) is 52.5 Å². The molecule has 6 nitrogen and oxygen atoms in total. The fourth-order valence-corrected chi connectivity index (χ4v) is 4.98. The molecule has 1 N–H and O–H groups in total. The number of unbranched alkanes of at least 4 members (excludes halogenated alkanes) is 1. The minimum Gasteiger partial charge on any atom is -0.410 e. The number of anilines is 2. The van der Waals surface area contributed by atoms with E-state index in [1.807, 2.05) is 17.0 Å². The second kappa shape index (κ2) is 12.3. The summed E-state index contributed by atoms with van der Waals surface area (Å²) in [5.74, 6) is -2.14. The molecule has 0 saturated carbocycles. The third-order valence-electron chi connectivity index (χ3n) is 6.72. The highest BCUT2D eigenvalue weighted by molar-refractivity contribution is 6.43. The van der Waals surface area contributed by atoms with Gasteiger partial charge in [-0.15, -0.1) is 0 Å². The molecule has 2 fully saturated rings. The molecule has 2 aromatic carbocycles. The summed E-state index contributed by atoms with van der Waals surface area (Å²) >= 11 is 12.5. The van der Waals surface area contributed by atoms with Gasteiger partial charge in [0.1, 0.15) is 5.75 Å². The number of alkyl halides is 2. The third kappa shape index (κ3) is 7.37. The van der Waals surface area contributed by atoms with Crippen molar-refractivity contribution in [1.29, 1.82) is 0 Å². The Bertz CT molecular complexity index is 1010. The van der Waals surface area contributed by atoms with E-state index >= 15 is 0 Å². The lowest BCUT2D eigenvalue weighted by molar-refractivity contribution is -0.0220. The van der Waals surface area contributed by atoms with Gasteiger partial charge >= 0.3 is 6.09 Å². The number of nitrogens with one attached hydrogen (secondary N) is 1. The van der Waals surface area contributed by atoms with Crippen LogP contribution >= 0.6 is 23.2 Å². The molecule has 2 aliphatic rings. The molecule has 0 unspecified atom stereocenters. The molecule has 1 amide bonds. The zero-order valence-electron chi connectivity index (χ0n) is 20.2. The molecule has 0 aliphatic carbocycles. The molecule has 0 spiro atoms. The summed E-state index contributed by atoms with van der Waals surface area (Å²) < 4.78 is 32.0. The molecule has 4 rings (SSSR count). The van der Waals surface area contributed by atoms with E-state index in [0.717, 1.165) is 56.9 Å². The first-order valence-electron chi connectivity index (χ1n) is 12.4. The van der Waals surface area contributed by atoms with Crippen molar-refractivity contribution < 1.29 is 18.3 Å². The van der Waals surface area contributed by atoms with E-state index in [1.54, 1.807) is 30.3 Å². The SMILES string of the molecule is O=C(NCCCCN1CCN(c2cccc(Cl)c2Cl)CC1)Oc1ccc(N2CCC(F)(F)CC2)cc1. The van der Waals surface area contributed by atoms with E-state index in [4.69, 9.17) is 27.9 Å². The van der Waals surface area contributed by atoms with Crippen molar-refractivity contribution in [2.45, 2.75) is 31.6 Å². The standard InChI is InChI=1S/C26H32Cl2F2N4O2/c27-22-4-3-5-23(24(22)28)34-18-16-32(17-19-34)13-2-1-12-31-25(35)36-21-8-6-20(7-9-21)33-14-10-26(29,30)11-15-33/h3-9H,1-2,10-19H2,(H,31,35). The van der Waals surface area contributed by atoms with Crippen LogP contribution in [0.25, 0.3) is 0 Å². The van der Waals surface area contributed by atoms with E-state index in [-0.39, 0.29) is 12.8 Å². The molecule has 0 atom stereocenters. The van der Waals surface area contributed by atoms with Crippen LogP contribution in [-0.2, 0) is 0 Å². The van der Waals surface area contributed by atoms with E-state index < -0.39 is 12.0 Å². The summed E-state index contributed by atoms with van der Waals surface area (Å²) in [6, 6.07) is 12.7. The molecule has 2 saturated heterocycles. The molecule has 0 radical (unpaired) electrons. The lowest BCUT2D eigenvalue weighted by Gasteiger charge is -2.36. The summed E-state index contributed by atoms with van der Waals surface area (Å²) in [5, 5.41) is 3.97. The van der Waals surface area contributed by atoms with Crippen LogP contribution in [0.2, 0.25) is 10.0 Å². The average Bonchev–Trinajstić information content (AvgIpc) is 2.87. The van der Waals surface area contributed by atoms with Gasteiger partial charge in [-0.25, -0.2) is 13.6 Å². The first-order valence-corrected chi connectivity index (χ1v) is 13.2.